The van der Waals surface area contributed by atoms with E-state index in [1.54, 1.807) is 4.90 Å². The summed E-state index contributed by atoms with van der Waals surface area (Å²) in [5.41, 5.74) is 2.50. The van der Waals surface area contributed by atoms with Gasteiger partial charge >= 0.3 is 12.0 Å². The molecule has 1 aliphatic rings. The van der Waals surface area contributed by atoms with Crippen LogP contribution in [0, 0.1) is 5.92 Å². The maximum Gasteiger partial charge on any atom is 0.321 e. The number of urea groups is 1. The molecular formula is C23H27N3O4. The summed E-state index contributed by atoms with van der Waals surface area (Å²) in [7, 11) is 0. The quantitative estimate of drug-likeness (QED) is 0.713. The van der Waals surface area contributed by atoms with Crippen molar-refractivity contribution in [2.45, 2.75) is 26.2 Å². The van der Waals surface area contributed by atoms with Crippen LogP contribution in [-0.2, 0) is 20.7 Å². The van der Waals surface area contributed by atoms with E-state index in [1.807, 2.05) is 61.5 Å². The third-order valence-corrected chi connectivity index (χ3v) is 5.16. The first-order valence-corrected chi connectivity index (χ1v) is 10.2. The number of nitrogens with one attached hydrogen (secondary N) is 2. The van der Waals surface area contributed by atoms with E-state index < -0.39 is 5.97 Å². The number of esters is 1. The van der Waals surface area contributed by atoms with Gasteiger partial charge in [-0.2, -0.15) is 0 Å². The second-order valence-corrected chi connectivity index (χ2v) is 7.22. The van der Waals surface area contributed by atoms with E-state index in [9.17, 15) is 14.4 Å². The monoisotopic (exact) mass is 409 g/mol. The molecule has 0 radical (unpaired) electrons. The van der Waals surface area contributed by atoms with E-state index in [2.05, 4.69) is 10.6 Å². The van der Waals surface area contributed by atoms with Crippen molar-refractivity contribution in [3.05, 3.63) is 60.2 Å². The largest absolute Gasteiger partial charge is 0.455 e. The average molecular weight is 409 g/mol. The van der Waals surface area contributed by atoms with Crippen LogP contribution < -0.4 is 10.6 Å². The smallest absolute Gasteiger partial charge is 0.321 e. The number of aryl methyl sites for hydroxylation is 1. The van der Waals surface area contributed by atoms with Gasteiger partial charge in [-0.3, -0.25) is 9.59 Å². The Labute approximate surface area is 176 Å². The van der Waals surface area contributed by atoms with Gasteiger partial charge in [0, 0.05) is 24.5 Å². The van der Waals surface area contributed by atoms with Gasteiger partial charge in [0.25, 0.3) is 5.91 Å². The summed E-state index contributed by atoms with van der Waals surface area (Å²) in [6.45, 7) is 2.63. The standard InChI is InChI=1S/C23H27N3O4/c1-2-17-8-6-7-11-20(17)25-21(27)16-30-22(28)18-12-14-26(15-13-18)23(29)24-19-9-4-3-5-10-19/h3-11,18H,2,12-16H2,1H3,(H,24,29)(H,25,27). The molecule has 1 heterocycles. The number of hydrogen-bond acceptors (Lipinski definition) is 4. The fraction of sp³-hybridized carbons (Fsp3) is 0.348. The molecule has 0 bridgehead atoms. The SMILES string of the molecule is CCc1ccccc1NC(=O)COC(=O)C1CCN(C(=O)Nc2ccccc2)CC1. The Hall–Kier alpha value is -3.35. The molecule has 158 valence electrons. The van der Waals surface area contributed by atoms with E-state index in [0.29, 0.717) is 25.9 Å². The normalized spacial score (nSPS) is 14.1. The highest BCUT2D eigenvalue weighted by atomic mass is 16.5. The first kappa shape index (κ1) is 21.4. The first-order chi connectivity index (χ1) is 14.6. The molecule has 1 fully saturated rings. The predicted molar refractivity (Wildman–Crippen MR) is 115 cm³/mol. The van der Waals surface area contributed by atoms with Crippen molar-refractivity contribution in [3.8, 4) is 0 Å². The maximum absolute atomic E-state index is 12.3. The maximum atomic E-state index is 12.3. The lowest BCUT2D eigenvalue weighted by molar-refractivity contribution is -0.152. The number of likely N-dealkylation sites (tertiary alicyclic amines) is 1. The number of benzene rings is 2. The third-order valence-electron chi connectivity index (χ3n) is 5.16. The third kappa shape index (κ3) is 5.83. The molecule has 0 saturated carbocycles. The summed E-state index contributed by atoms with van der Waals surface area (Å²) < 4.78 is 5.21. The summed E-state index contributed by atoms with van der Waals surface area (Å²) in [4.78, 5) is 38.5. The molecular weight excluding hydrogens is 382 g/mol. The lowest BCUT2D eigenvalue weighted by Crippen LogP contribution is -2.43. The Morgan fingerprint density at radius 3 is 2.33 bits per heavy atom. The molecule has 0 aliphatic carbocycles. The number of anilines is 2. The van der Waals surface area contributed by atoms with Gasteiger partial charge in [0.15, 0.2) is 6.61 Å². The number of rotatable bonds is 6. The van der Waals surface area contributed by atoms with E-state index in [0.717, 1.165) is 23.4 Å². The number of piperidine rings is 1. The Balaban J connectivity index is 1.40. The minimum Gasteiger partial charge on any atom is -0.455 e. The molecule has 7 nitrogen and oxygen atoms in total. The molecule has 30 heavy (non-hydrogen) atoms. The van der Waals surface area contributed by atoms with Crippen LogP contribution in [0.1, 0.15) is 25.3 Å². The average Bonchev–Trinajstić information content (AvgIpc) is 2.78. The molecule has 0 spiro atoms. The van der Waals surface area contributed by atoms with Crippen LogP contribution in [0.15, 0.2) is 54.6 Å². The van der Waals surface area contributed by atoms with E-state index in [-0.39, 0.29) is 24.5 Å². The second kappa shape index (κ2) is 10.4. The van der Waals surface area contributed by atoms with Gasteiger partial charge in [0.1, 0.15) is 0 Å². The molecule has 1 saturated heterocycles. The highest BCUT2D eigenvalue weighted by molar-refractivity contribution is 5.93. The van der Waals surface area contributed by atoms with E-state index in [4.69, 9.17) is 4.74 Å². The van der Waals surface area contributed by atoms with E-state index in [1.165, 1.54) is 0 Å². The van der Waals surface area contributed by atoms with Crippen molar-refractivity contribution in [2.75, 3.05) is 30.3 Å². The minimum absolute atomic E-state index is 0.179. The van der Waals surface area contributed by atoms with Crippen molar-refractivity contribution < 1.29 is 19.1 Å². The second-order valence-electron chi connectivity index (χ2n) is 7.22. The summed E-state index contributed by atoms with van der Waals surface area (Å²) in [5.74, 6) is -1.05. The molecule has 2 aromatic carbocycles. The summed E-state index contributed by atoms with van der Waals surface area (Å²) in [6.07, 6.45) is 1.83. The van der Waals surface area contributed by atoms with Crippen molar-refractivity contribution in [1.29, 1.82) is 0 Å². The highest BCUT2D eigenvalue weighted by Crippen LogP contribution is 2.20. The van der Waals surface area contributed by atoms with Crippen LogP contribution >= 0.6 is 0 Å². The van der Waals surface area contributed by atoms with Crippen LogP contribution in [0.5, 0.6) is 0 Å². The number of ether oxygens (including phenoxy) is 1. The topological polar surface area (TPSA) is 87.7 Å². The molecule has 0 atom stereocenters. The Kier molecular flexibility index (Phi) is 7.43. The summed E-state index contributed by atoms with van der Waals surface area (Å²) in [6, 6.07) is 16.6. The number of carbonyl (C=O) groups is 3. The number of carbonyl (C=O) groups excluding carboxylic acids is 3. The van der Waals surface area contributed by atoms with Gasteiger partial charge in [0.05, 0.1) is 5.92 Å². The number of para-hydroxylation sites is 2. The molecule has 1 aliphatic heterocycles. The highest BCUT2D eigenvalue weighted by Gasteiger charge is 2.28. The lowest BCUT2D eigenvalue weighted by Gasteiger charge is -2.30. The molecule has 0 unspecified atom stereocenters. The Bertz CT molecular complexity index is 877. The molecule has 3 rings (SSSR count). The van der Waals surface area contributed by atoms with Gasteiger partial charge in [0.2, 0.25) is 0 Å². The Morgan fingerprint density at radius 1 is 0.967 bits per heavy atom. The summed E-state index contributed by atoms with van der Waals surface area (Å²) >= 11 is 0. The first-order valence-electron chi connectivity index (χ1n) is 10.2. The van der Waals surface area contributed by atoms with Gasteiger partial charge < -0.3 is 20.3 Å². The Morgan fingerprint density at radius 2 is 1.63 bits per heavy atom. The van der Waals surface area contributed by atoms with Crippen LogP contribution in [0.3, 0.4) is 0 Å². The van der Waals surface area contributed by atoms with Crippen LogP contribution in [0.4, 0.5) is 16.2 Å². The number of nitrogens with zero attached hydrogens (tertiary/aromatic N) is 1. The van der Waals surface area contributed by atoms with Crippen molar-refractivity contribution in [3.63, 3.8) is 0 Å². The molecule has 2 aromatic rings. The molecule has 2 N–H and O–H groups in total. The van der Waals surface area contributed by atoms with Gasteiger partial charge in [-0.25, -0.2) is 4.79 Å². The molecule has 0 aromatic heterocycles. The van der Waals surface area contributed by atoms with E-state index >= 15 is 0 Å². The van der Waals surface area contributed by atoms with Crippen molar-refractivity contribution >= 4 is 29.3 Å². The van der Waals surface area contributed by atoms with Gasteiger partial charge in [-0.15, -0.1) is 0 Å². The lowest BCUT2D eigenvalue weighted by atomic mass is 9.97. The summed E-state index contributed by atoms with van der Waals surface area (Å²) in [5, 5.41) is 5.63. The molecule has 3 amide bonds. The zero-order chi connectivity index (χ0) is 21.3. The van der Waals surface area contributed by atoms with Crippen LogP contribution in [0.2, 0.25) is 0 Å². The zero-order valence-electron chi connectivity index (χ0n) is 17.1. The van der Waals surface area contributed by atoms with Crippen molar-refractivity contribution in [2.24, 2.45) is 5.92 Å². The predicted octanol–water partition coefficient (Wildman–Crippen LogP) is 3.67. The molecule has 7 heteroatoms. The minimum atomic E-state index is -0.392. The zero-order valence-corrected chi connectivity index (χ0v) is 17.1. The fourth-order valence-electron chi connectivity index (χ4n) is 3.43. The van der Waals surface area contributed by atoms with Gasteiger partial charge in [-0.1, -0.05) is 43.3 Å². The van der Waals surface area contributed by atoms with Crippen LogP contribution in [0.25, 0.3) is 0 Å². The van der Waals surface area contributed by atoms with Crippen molar-refractivity contribution in [1.82, 2.24) is 4.90 Å². The van der Waals surface area contributed by atoms with Gasteiger partial charge in [-0.05, 0) is 43.0 Å². The fourth-order valence-corrected chi connectivity index (χ4v) is 3.43. The number of hydrogen-bond donors (Lipinski definition) is 2. The number of amides is 3. The van der Waals surface area contributed by atoms with Crippen LogP contribution in [-0.4, -0.2) is 42.5 Å².